The maximum atomic E-state index is 12.0. The molecule has 4 rings (SSSR count). The van der Waals surface area contributed by atoms with Crippen LogP contribution < -0.4 is 10.6 Å². The van der Waals surface area contributed by atoms with Crippen molar-refractivity contribution in [2.24, 2.45) is 0 Å². The van der Waals surface area contributed by atoms with Crippen LogP contribution in [0.5, 0.6) is 5.75 Å². The van der Waals surface area contributed by atoms with Crippen LogP contribution in [-0.4, -0.2) is 50.5 Å². The molecular weight excluding hydrogens is 438 g/mol. The average molecular weight is 458 g/mol. The molecule has 0 atom stereocenters. The lowest BCUT2D eigenvalue weighted by molar-refractivity contribution is -0.125. The van der Waals surface area contributed by atoms with Crippen LogP contribution in [0.3, 0.4) is 0 Å². The Labute approximate surface area is 187 Å². The molecule has 160 valence electrons. The van der Waals surface area contributed by atoms with E-state index in [1.54, 1.807) is 44.3 Å². The fourth-order valence-electron chi connectivity index (χ4n) is 3.34. The first-order chi connectivity index (χ1) is 14.8. The molecule has 3 aromatic rings. The number of imide groups is 1. The number of nitrogens with one attached hydrogen (secondary N) is 2. The van der Waals surface area contributed by atoms with Crippen molar-refractivity contribution < 1.29 is 14.7 Å². The normalized spacial score (nSPS) is 15.3. The standard InChI is InChI=1S/C21H20ClN5O3S/c1-21(2)18(29)26-20(30)27(21)9-8-23-19-24-11-14(12-4-3-5-13(28)10-12)17(25-19)15-6-7-16(22)31-15/h3-7,10-11,28H,8-9H2,1-2H3,(H,23,24,25)(H,26,29,30). The number of nitrogens with zero attached hydrogens (tertiary/aromatic N) is 3. The van der Waals surface area contributed by atoms with E-state index in [1.807, 2.05) is 12.1 Å². The van der Waals surface area contributed by atoms with Crippen LogP contribution in [0.2, 0.25) is 4.34 Å². The third kappa shape index (κ3) is 4.19. The second-order valence-electron chi connectivity index (χ2n) is 7.51. The van der Waals surface area contributed by atoms with E-state index in [1.165, 1.54) is 16.2 Å². The molecule has 0 radical (unpaired) electrons. The van der Waals surface area contributed by atoms with Gasteiger partial charge in [-0.25, -0.2) is 14.8 Å². The number of carbonyl (C=O) groups excluding carboxylic acids is 2. The highest BCUT2D eigenvalue weighted by atomic mass is 35.5. The largest absolute Gasteiger partial charge is 0.508 e. The van der Waals surface area contributed by atoms with E-state index in [2.05, 4.69) is 20.6 Å². The van der Waals surface area contributed by atoms with Crippen LogP contribution in [0.4, 0.5) is 10.7 Å². The zero-order valence-corrected chi connectivity index (χ0v) is 18.4. The van der Waals surface area contributed by atoms with Gasteiger partial charge in [0.25, 0.3) is 5.91 Å². The number of thiophene rings is 1. The van der Waals surface area contributed by atoms with E-state index in [0.29, 0.717) is 29.1 Å². The van der Waals surface area contributed by atoms with Crippen molar-refractivity contribution in [2.75, 3.05) is 18.4 Å². The predicted molar refractivity (Wildman–Crippen MR) is 120 cm³/mol. The van der Waals surface area contributed by atoms with Crippen molar-refractivity contribution in [1.82, 2.24) is 20.2 Å². The molecule has 1 aliphatic rings. The van der Waals surface area contributed by atoms with Crippen molar-refractivity contribution in [3.63, 3.8) is 0 Å². The van der Waals surface area contributed by atoms with E-state index in [9.17, 15) is 14.7 Å². The van der Waals surface area contributed by atoms with Gasteiger partial charge in [0, 0.05) is 24.8 Å². The number of aromatic nitrogens is 2. The number of carbonyl (C=O) groups is 2. The highest BCUT2D eigenvalue weighted by molar-refractivity contribution is 7.19. The first-order valence-electron chi connectivity index (χ1n) is 9.55. The minimum atomic E-state index is -0.905. The maximum Gasteiger partial charge on any atom is 0.325 e. The average Bonchev–Trinajstić information content (AvgIpc) is 3.24. The minimum absolute atomic E-state index is 0.149. The fourth-order valence-corrected chi connectivity index (χ4v) is 4.38. The summed E-state index contributed by atoms with van der Waals surface area (Å²) in [6.45, 7) is 4.07. The molecule has 10 heteroatoms. The van der Waals surface area contributed by atoms with Crippen LogP contribution in [0.15, 0.2) is 42.6 Å². The highest BCUT2D eigenvalue weighted by Gasteiger charge is 2.45. The number of amides is 3. The summed E-state index contributed by atoms with van der Waals surface area (Å²) >= 11 is 7.52. The molecule has 3 heterocycles. The second kappa shape index (κ2) is 8.16. The number of aromatic hydroxyl groups is 1. The summed E-state index contributed by atoms with van der Waals surface area (Å²) in [5.41, 5.74) is 1.30. The van der Waals surface area contributed by atoms with Crippen molar-refractivity contribution >= 4 is 40.8 Å². The molecule has 0 spiro atoms. The SMILES string of the molecule is CC1(C)C(=O)NC(=O)N1CCNc1ncc(-c2cccc(O)c2)c(-c2ccc(Cl)s2)n1. The Bertz CT molecular complexity index is 1160. The number of phenols is 1. The molecule has 0 unspecified atom stereocenters. The topological polar surface area (TPSA) is 107 Å². The van der Waals surface area contributed by atoms with Gasteiger partial charge in [-0.3, -0.25) is 10.1 Å². The highest BCUT2D eigenvalue weighted by Crippen LogP contribution is 2.37. The summed E-state index contributed by atoms with van der Waals surface area (Å²) in [5, 5.41) is 15.3. The Balaban J connectivity index is 1.58. The van der Waals surface area contributed by atoms with E-state index >= 15 is 0 Å². The molecule has 0 aliphatic carbocycles. The van der Waals surface area contributed by atoms with E-state index in [4.69, 9.17) is 11.6 Å². The van der Waals surface area contributed by atoms with Crippen LogP contribution >= 0.6 is 22.9 Å². The van der Waals surface area contributed by atoms with Gasteiger partial charge < -0.3 is 15.3 Å². The molecule has 0 bridgehead atoms. The van der Waals surface area contributed by atoms with Crippen molar-refractivity contribution in [3.05, 3.63) is 46.9 Å². The van der Waals surface area contributed by atoms with Gasteiger partial charge in [-0.2, -0.15) is 0 Å². The predicted octanol–water partition coefficient (Wildman–Crippen LogP) is 3.97. The smallest absolute Gasteiger partial charge is 0.325 e. The van der Waals surface area contributed by atoms with Crippen molar-refractivity contribution in [2.45, 2.75) is 19.4 Å². The Morgan fingerprint density at radius 1 is 1.26 bits per heavy atom. The van der Waals surface area contributed by atoms with Crippen LogP contribution in [0.1, 0.15) is 13.8 Å². The van der Waals surface area contributed by atoms with E-state index in [0.717, 1.165) is 16.0 Å². The molecule has 8 nitrogen and oxygen atoms in total. The van der Waals surface area contributed by atoms with Crippen LogP contribution in [0, 0.1) is 0 Å². The first kappa shape index (κ1) is 21.1. The van der Waals surface area contributed by atoms with Gasteiger partial charge in [0.1, 0.15) is 11.3 Å². The lowest BCUT2D eigenvalue weighted by Gasteiger charge is -2.27. The lowest BCUT2D eigenvalue weighted by Crippen LogP contribution is -2.46. The van der Waals surface area contributed by atoms with Crippen molar-refractivity contribution in [1.29, 1.82) is 0 Å². The van der Waals surface area contributed by atoms with Gasteiger partial charge in [-0.05, 0) is 43.7 Å². The molecule has 31 heavy (non-hydrogen) atoms. The zero-order valence-electron chi connectivity index (χ0n) is 16.8. The van der Waals surface area contributed by atoms with E-state index < -0.39 is 11.6 Å². The molecule has 1 aromatic carbocycles. The van der Waals surface area contributed by atoms with Crippen LogP contribution in [0.25, 0.3) is 21.7 Å². The summed E-state index contributed by atoms with van der Waals surface area (Å²) in [5.74, 6) is 0.212. The third-order valence-electron chi connectivity index (χ3n) is 5.07. The van der Waals surface area contributed by atoms with Crippen LogP contribution in [-0.2, 0) is 4.79 Å². The van der Waals surface area contributed by atoms with Gasteiger partial charge in [0.15, 0.2) is 0 Å². The van der Waals surface area contributed by atoms with Gasteiger partial charge in [0.2, 0.25) is 5.95 Å². The minimum Gasteiger partial charge on any atom is -0.508 e. The maximum absolute atomic E-state index is 12.0. The molecule has 1 fully saturated rings. The number of hydrogen-bond donors (Lipinski definition) is 3. The van der Waals surface area contributed by atoms with Gasteiger partial charge in [-0.15, -0.1) is 11.3 Å². The number of urea groups is 1. The number of halogens is 1. The summed E-state index contributed by atoms with van der Waals surface area (Å²) in [6.07, 6.45) is 1.68. The Morgan fingerprint density at radius 3 is 2.71 bits per heavy atom. The molecule has 0 saturated carbocycles. The third-order valence-corrected chi connectivity index (χ3v) is 6.30. The van der Waals surface area contributed by atoms with Gasteiger partial charge >= 0.3 is 6.03 Å². The van der Waals surface area contributed by atoms with Gasteiger partial charge in [-0.1, -0.05) is 23.7 Å². The molecule has 1 saturated heterocycles. The molecule has 3 N–H and O–H groups in total. The molecule has 3 amide bonds. The number of phenolic OH excluding ortho intramolecular Hbond substituents is 1. The second-order valence-corrected chi connectivity index (χ2v) is 9.22. The first-order valence-corrected chi connectivity index (χ1v) is 10.7. The summed E-state index contributed by atoms with van der Waals surface area (Å²) in [7, 11) is 0. The number of rotatable bonds is 6. The summed E-state index contributed by atoms with van der Waals surface area (Å²) < 4.78 is 0.636. The lowest BCUT2D eigenvalue weighted by atomic mass is 10.0. The molecular formula is C21H20ClN5O3S. The number of hydrogen-bond acceptors (Lipinski definition) is 7. The molecule has 1 aliphatic heterocycles. The van der Waals surface area contributed by atoms with E-state index in [-0.39, 0.29) is 11.7 Å². The zero-order chi connectivity index (χ0) is 22.2. The number of benzene rings is 1. The molecule has 2 aromatic heterocycles. The Kier molecular flexibility index (Phi) is 5.55. The Hall–Kier alpha value is -3.17. The monoisotopic (exact) mass is 457 g/mol. The summed E-state index contributed by atoms with van der Waals surface area (Å²) in [6, 6.07) is 10.1. The number of anilines is 1. The quantitative estimate of drug-likeness (QED) is 0.483. The summed E-state index contributed by atoms with van der Waals surface area (Å²) in [4.78, 5) is 35.3. The van der Waals surface area contributed by atoms with Crippen molar-refractivity contribution in [3.8, 4) is 27.4 Å². The fraction of sp³-hybridized carbons (Fsp3) is 0.238. The van der Waals surface area contributed by atoms with Gasteiger partial charge in [0.05, 0.1) is 14.9 Å². The Morgan fingerprint density at radius 2 is 2.06 bits per heavy atom.